The third-order valence-corrected chi connectivity index (χ3v) is 13.4. The van der Waals surface area contributed by atoms with Crippen LogP contribution in [0.4, 0.5) is 0 Å². The number of hydrogen-bond donors (Lipinski definition) is 3. The smallest absolute Gasteiger partial charge is 0.267 e. The standard InChI is InChI=1S/C30H43N3O2/c1-16-9-24-25(31-14-16)18(3)29(35-24)8-6-22-20(17(2)11-29)13-30-15-28(22,30)7-5-19-10-23-21(12-27(19,30)4)26(34)33-32-23/h16,18-19,22,24-25,31H,5-15H2,1-4H3,(H2,32,33,34). The van der Waals surface area contributed by atoms with E-state index in [0.717, 1.165) is 37.3 Å². The van der Waals surface area contributed by atoms with Crippen LogP contribution in [0.2, 0.25) is 0 Å². The van der Waals surface area contributed by atoms with Crippen LogP contribution >= 0.6 is 0 Å². The van der Waals surface area contributed by atoms with Gasteiger partial charge in [-0.05, 0) is 112 Å². The summed E-state index contributed by atoms with van der Waals surface area (Å²) < 4.78 is 7.08. The van der Waals surface area contributed by atoms with Crippen LogP contribution in [0.5, 0.6) is 0 Å². The maximum atomic E-state index is 12.6. The number of H-pyrrole nitrogens is 2. The van der Waals surface area contributed by atoms with E-state index in [9.17, 15) is 4.79 Å². The zero-order valence-electron chi connectivity index (χ0n) is 22.1. The minimum Gasteiger partial charge on any atom is -0.369 e. The molecule has 5 nitrogen and oxygen atoms in total. The second-order valence-electron chi connectivity index (χ2n) is 14.5. The number of rotatable bonds is 0. The normalized spacial score (nSPS) is 53.8. The zero-order chi connectivity index (χ0) is 24.0. The molecule has 3 N–H and O–H groups in total. The molecular weight excluding hydrogens is 434 g/mol. The Morgan fingerprint density at radius 3 is 2.77 bits per heavy atom. The predicted molar refractivity (Wildman–Crippen MR) is 136 cm³/mol. The maximum Gasteiger partial charge on any atom is 0.267 e. The lowest BCUT2D eigenvalue weighted by atomic mass is 9.52. The lowest BCUT2D eigenvalue weighted by Gasteiger charge is -2.52. The van der Waals surface area contributed by atoms with Crippen molar-refractivity contribution in [1.82, 2.24) is 15.5 Å². The molecule has 5 heteroatoms. The number of fused-ring (bicyclic) bond motifs is 4. The molecule has 1 aromatic heterocycles. The molecule has 8 rings (SSSR count). The average molecular weight is 478 g/mol. The average Bonchev–Trinajstić information content (AvgIpc) is 3.18. The quantitative estimate of drug-likeness (QED) is 0.466. The Morgan fingerprint density at radius 2 is 1.91 bits per heavy atom. The molecule has 0 radical (unpaired) electrons. The summed E-state index contributed by atoms with van der Waals surface area (Å²) >= 11 is 0. The molecule has 5 fully saturated rings. The highest BCUT2D eigenvalue weighted by Crippen LogP contribution is 2.89. The summed E-state index contributed by atoms with van der Waals surface area (Å²) in [6, 6.07) is 0.533. The first-order valence-electron chi connectivity index (χ1n) is 14.6. The van der Waals surface area contributed by atoms with Crippen LogP contribution in [-0.2, 0) is 17.6 Å². The maximum absolute atomic E-state index is 12.6. The van der Waals surface area contributed by atoms with Gasteiger partial charge in [-0.1, -0.05) is 31.9 Å². The number of allylic oxidation sites excluding steroid dienone is 1. The Morgan fingerprint density at radius 1 is 1.06 bits per heavy atom. The fourth-order valence-electron chi connectivity index (χ4n) is 11.5. The van der Waals surface area contributed by atoms with E-state index in [2.05, 4.69) is 43.2 Å². The molecule has 190 valence electrons. The molecule has 0 aromatic carbocycles. The summed E-state index contributed by atoms with van der Waals surface area (Å²) in [7, 11) is 0. The Bertz CT molecular complexity index is 1200. The number of piperidine rings is 1. The Kier molecular flexibility index (Phi) is 4.07. The van der Waals surface area contributed by atoms with Gasteiger partial charge >= 0.3 is 0 Å². The van der Waals surface area contributed by atoms with Gasteiger partial charge in [0.05, 0.1) is 11.7 Å². The molecule has 10 unspecified atom stereocenters. The van der Waals surface area contributed by atoms with Gasteiger partial charge in [-0.25, -0.2) is 0 Å². The molecule has 2 saturated heterocycles. The summed E-state index contributed by atoms with van der Waals surface area (Å²) in [5.74, 6) is 2.76. The zero-order valence-corrected chi connectivity index (χ0v) is 22.1. The Balaban J connectivity index is 1.15. The lowest BCUT2D eigenvalue weighted by Crippen LogP contribution is -2.49. The minimum absolute atomic E-state index is 0.0290. The van der Waals surface area contributed by atoms with Gasteiger partial charge < -0.3 is 15.2 Å². The van der Waals surface area contributed by atoms with Gasteiger partial charge in [-0.2, -0.15) is 0 Å². The van der Waals surface area contributed by atoms with Crippen molar-refractivity contribution in [2.45, 2.75) is 110 Å². The Hall–Kier alpha value is -1.33. The monoisotopic (exact) mass is 477 g/mol. The molecule has 2 aliphatic heterocycles. The second-order valence-corrected chi connectivity index (χ2v) is 14.5. The molecule has 0 bridgehead atoms. The number of hydrogen-bond acceptors (Lipinski definition) is 3. The van der Waals surface area contributed by atoms with Crippen molar-refractivity contribution in [3.8, 4) is 0 Å². The summed E-state index contributed by atoms with van der Waals surface area (Å²) in [6.07, 6.45) is 12.7. The number of aromatic amines is 2. The van der Waals surface area contributed by atoms with E-state index in [0.29, 0.717) is 40.7 Å². The van der Waals surface area contributed by atoms with Gasteiger partial charge in [0.15, 0.2) is 0 Å². The van der Waals surface area contributed by atoms with Crippen molar-refractivity contribution in [2.75, 3.05) is 6.54 Å². The molecule has 1 aromatic rings. The van der Waals surface area contributed by atoms with Crippen LogP contribution in [0.15, 0.2) is 15.9 Å². The molecule has 0 amide bonds. The first-order chi connectivity index (χ1) is 16.7. The second kappa shape index (κ2) is 6.56. The molecule has 1 spiro atoms. The van der Waals surface area contributed by atoms with Gasteiger partial charge in [0.25, 0.3) is 5.56 Å². The molecule has 5 aliphatic carbocycles. The van der Waals surface area contributed by atoms with Gasteiger partial charge in [0.1, 0.15) is 0 Å². The largest absolute Gasteiger partial charge is 0.369 e. The SMILES string of the molecule is CC1=C2CC34CC3(CCC3Cc5[nH][nH]c(=O)c5CC34C)C2CCC2(C1)OC1CC(C)CNC1C2C. The van der Waals surface area contributed by atoms with E-state index in [-0.39, 0.29) is 16.6 Å². The van der Waals surface area contributed by atoms with E-state index in [1.54, 1.807) is 5.57 Å². The van der Waals surface area contributed by atoms with Crippen molar-refractivity contribution >= 4 is 0 Å². The Labute approximate surface area is 209 Å². The summed E-state index contributed by atoms with van der Waals surface area (Å²) in [6.45, 7) is 11.0. The summed E-state index contributed by atoms with van der Waals surface area (Å²) in [4.78, 5) is 12.6. The first-order valence-corrected chi connectivity index (χ1v) is 14.6. The highest BCUT2D eigenvalue weighted by Gasteiger charge is 2.82. The van der Waals surface area contributed by atoms with Crippen molar-refractivity contribution in [2.24, 2.45) is 39.9 Å². The number of ether oxygens (including phenoxy) is 1. The van der Waals surface area contributed by atoms with E-state index in [1.165, 1.54) is 50.6 Å². The summed E-state index contributed by atoms with van der Waals surface area (Å²) in [5.41, 5.74) is 7.07. The lowest BCUT2D eigenvalue weighted by molar-refractivity contribution is -0.0733. The van der Waals surface area contributed by atoms with Crippen molar-refractivity contribution in [3.05, 3.63) is 32.8 Å². The van der Waals surface area contributed by atoms with Crippen LogP contribution in [0.25, 0.3) is 0 Å². The van der Waals surface area contributed by atoms with Crippen LogP contribution < -0.4 is 10.9 Å². The van der Waals surface area contributed by atoms with Crippen LogP contribution in [0.3, 0.4) is 0 Å². The molecule has 10 atom stereocenters. The van der Waals surface area contributed by atoms with Gasteiger partial charge in [0, 0.05) is 23.2 Å². The van der Waals surface area contributed by atoms with E-state index < -0.39 is 0 Å². The van der Waals surface area contributed by atoms with Gasteiger partial charge in [-0.3, -0.25) is 9.89 Å². The highest BCUT2D eigenvalue weighted by atomic mass is 16.5. The van der Waals surface area contributed by atoms with Crippen LogP contribution in [0, 0.1) is 39.9 Å². The highest BCUT2D eigenvalue weighted by molar-refractivity contribution is 5.44. The third-order valence-electron chi connectivity index (χ3n) is 13.4. The van der Waals surface area contributed by atoms with E-state index in [4.69, 9.17) is 4.74 Å². The van der Waals surface area contributed by atoms with Crippen molar-refractivity contribution < 1.29 is 4.74 Å². The van der Waals surface area contributed by atoms with Crippen molar-refractivity contribution in [3.63, 3.8) is 0 Å². The summed E-state index contributed by atoms with van der Waals surface area (Å²) in [5, 5.41) is 9.99. The fourth-order valence-corrected chi connectivity index (χ4v) is 11.5. The predicted octanol–water partition coefficient (Wildman–Crippen LogP) is 4.89. The van der Waals surface area contributed by atoms with Crippen LogP contribution in [0.1, 0.15) is 90.3 Å². The third kappa shape index (κ3) is 2.42. The van der Waals surface area contributed by atoms with Crippen LogP contribution in [-0.4, -0.2) is 34.5 Å². The molecular formula is C30H43N3O2. The fraction of sp³-hybridized carbons (Fsp3) is 0.833. The van der Waals surface area contributed by atoms with Gasteiger partial charge in [-0.15, -0.1) is 0 Å². The van der Waals surface area contributed by atoms with E-state index >= 15 is 0 Å². The van der Waals surface area contributed by atoms with Gasteiger partial charge in [0.2, 0.25) is 0 Å². The van der Waals surface area contributed by atoms with Crippen molar-refractivity contribution in [1.29, 1.82) is 0 Å². The molecule has 3 heterocycles. The topological polar surface area (TPSA) is 69.9 Å². The molecule has 3 saturated carbocycles. The molecule has 7 aliphatic rings. The van der Waals surface area contributed by atoms with E-state index in [1.807, 2.05) is 5.57 Å². The number of aromatic nitrogens is 2. The number of nitrogens with one attached hydrogen (secondary N) is 3. The molecule has 35 heavy (non-hydrogen) atoms. The minimum atomic E-state index is 0.0290. The first kappa shape index (κ1) is 21.7.